The Morgan fingerprint density at radius 1 is 1.11 bits per heavy atom. The number of carbonyl (C=O) groups is 3. The van der Waals surface area contributed by atoms with E-state index in [0.29, 0.717) is 17.9 Å². The van der Waals surface area contributed by atoms with Crippen LogP contribution in [0.4, 0.5) is 16.3 Å². The van der Waals surface area contributed by atoms with Crippen LogP contribution in [0.3, 0.4) is 0 Å². The van der Waals surface area contributed by atoms with Gasteiger partial charge in [-0.3, -0.25) is 4.79 Å². The summed E-state index contributed by atoms with van der Waals surface area (Å²) < 4.78 is 0. The first-order chi connectivity index (χ1) is 17.6. The van der Waals surface area contributed by atoms with Gasteiger partial charge in [-0.1, -0.05) is 35.3 Å². The van der Waals surface area contributed by atoms with Crippen molar-refractivity contribution < 1.29 is 19.5 Å². The molecule has 0 N–H and O–H groups in total. The average Bonchev–Trinajstić information content (AvgIpc) is 3.37. The number of rotatable bonds is 4. The number of halogens is 2. The minimum absolute atomic E-state index is 0.0745. The van der Waals surface area contributed by atoms with Crippen molar-refractivity contribution in [2.75, 3.05) is 29.9 Å². The van der Waals surface area contributed by atoms with Crippen molar-refractivity contribution in [1.82, 2.24) is 9.88 Å². The molecule has 5 rings (SSSR count). The van der Waals surface area contributed by atoms with Crippen LogP contribution in [0.5, 0.6) is 0 Å². The lowest BCUT2D eigenvalue weighted by atomic mass is 9.80. The van der Waals surface area contributed by atoms with Gasteiger partial charge < -0.3 is 19.7 Å². The number of hydrogen-bond donors (Lipinski definition) is 0. The maximum Gasteiger partial charge on any atom is 0.332 e. The zero-order chi connectivity index (χ0) is 26.5. The molecule has 3 aromatic rings. The topological polar surface area (TPSA) is 121 Å². The minimum Gasteiger partial charge on any atom is -0.545 e. The summed E-state index contributed by atoms with van der Waals surface area (Å²) in [4.78, 5) is 47.5. The number of aromatic carboxylic acids is 1. The van der Waals surface area contributed by atoms with Crippen molar-refractivity contribution in [1.29, 1.82) is 5.26 Å². The van der Waals surface area contributed by atoms with Gasteiger partial charge in [0.25, 0.3) is 5.91 Å². The fourth-order valence-corrected chi connectivity index (χ4v) is 5.59. The van der Waals surface area contributed by atoms with Crippen LogP contribution >= 0.6 is 23.2 Å². The Kier molecular flexibility index (Phi) is 6.02. The van der Waals surface area contributed by atoms with E-state index in [-0.39, 0.29) is 27.8 Å². The molecule has 3 heterocycles. The lowest BCUT2D eigenvalue weighted by molar-refractivity contribution is -0.255. The number of imide groups is 1. The molecule has 2 fully saturated rings. The van der Waals surface area contributed by atoms with Gasteiger partial charge in [-0.2, -0.15) is 5.26 Å². The molecule has 1 spiro atoms. The molecule has 2 aliphatic rings. The van der Waals surface area contributed by atoms with E-state index in [1.54, 1.807) is 31.3 Å². The van der Waals surface area contributed by atoms with Crippen LogP contribution in [0.15, 0.2) is 60.8 Å². The van der Waals surface area contributed by atoms with Crippen LogP contribution in [0.25, 0.3) is 0 Å². The molecule has 3 amide bonds. The fourth-order valence-electron chi connectivity index (χ4n) is 5.07. The second-order valence-corrected chi connectivity index (χ2v) is 9.77. The first-order valence-electron chi connectivity index (χ1n) is 11.2. The summed E-state index contributed by atoms with van der Waals surface area (Å²) in [6.45, 7) is 0.401. The summed E-state index contributed by atoms with van der Waals surface area (Å²) >= 11 is 12.3. The van der Waals surface area contributed by atoms with E-state index in [1.807, 2.05) is 4.90 Å². The molecule has 37 heavy (non-hydrogen) atoms. The average molecular weight is 535 g/mol. The van der Waals surface area contributed by atoms with Gasteiger partial charge in [0.1, 0.15) is 11.4 Å². The number of carbonyl (C=O) groups excluding carboxylic acids is 3. The van der Waals surface area contributed by atoms with Gasteiger partial charge in [0.2, 0.25) is 0 Å². The highest BCUT2D eigenvalue weighted by Gasteiger charge is 2.64. The van der Waals surface area contributed by atoms with Crippen LogP contribution in [0.1, 0.15) is 27.4 Å². The molecule has 2 aromatic carbocycles. The van der Waals surface area contributed by atoms with E-state index in [4.69, 9.17) is 23.2 Å². The van der Waals surface area contributed by atoms with Gasteiger partial charge in [0, 0.05) is 41.3 Å². The van der Waals surface area contributed by atoms with E-state index in [9.17, 15) is 24.8 Å². The standard InChI is InChI=1S/C26H19Cl2N5O4/c1-31-25(37)33(20-9-18(27)8-19(28)10-20)24(36)26(31)14-32(22-7-6-17(12-30-22)23(34)35)13-21(26)16-4-2-15(11-29)3-5-16/h2-10,12,21H,13-14H2,1H3,(H,34,35)/p-1/t21-,26+/m0/s1. The highest BCUT2D eigenvalue weighted by atomic mass is 35.5. The summed E-state index contributed by atoms with van der Waals surface area (Å²) in [5.74, 6) is -1.86. The third-order valence-electron chi connectivity index (χ3n) is 6.92. The first kappa shape index (κ1) is 24.6. The lowest BCUT2D eigenvalue weighted by Crippen LogP contribution is -2.53. The minimum atomic E-state index is -1.35. The largest absolute Gasteiger partial charge is 0.545 e. The number of benzene rings is 2. The molecule has 2 aliphatic heterocycles. The lowest BCUT2D eigenvalue weighted by Gasteiger charge is -2.33. The van der Waals surface area contributed by atoms with Crippen molar-refractivity contribution in [3.63, 3.8) is 0 Å². The number of nitrogens with zero attached hydrogens (tertiary/aromatic N) is 5. The van der Waals surface area contributed by atoms with Crippen molar-refractivity contribution in [2.24, 2.45) is 0 Å². The van der Waals surface area contributed by atoms with Crippen molar-refractivity contribution >= 4 is 52.6 Å². The Morgan fingerprint density at radius 2 is 1.78 bits per heavy atom. The monoisotopic (exact) mass is 534 g/mol. The first-order valence-corrected chi connectivity index (χ1v) is 11.9. The molecule has 9 nitrogen and oxygen atoms in total. The zero-order valence-electron chi connectivity index (χ0n) is 19.4. The number of amides is 3. The Hall–Kier alpha value is -4.13. The number of carboxylic acid groups (broad SMARTS) is 1. The third kappa shape index (κ3) is 3.95. The maximum absolute atomic E-state index is 14.2. The van der Waals surface area contributed by atoms with E-state index >= 15 is 0 Å². The van der Waals surface area contributed by atoms with E-state index in [1.165, 1.54) is 41.4 Å². The number of nitriles is 1. The van der Waals surface area contributed by atoms with Gasteiger partial charge in [0.05, 0.1) is 29.8 Å². The van der Waals surface area contributed by atoms with Gasteiger partial charge in [-0.15, -0.1) is 0 Å². The van der Waals surface area contributed by atoms with Crippen molar-refractivity contribution in [3.05, 3.63) is 87.5 Å². The molecule has 11 heteroatoms. The van der Waals surface area contributed by atoms with Gasteiger partial charge in [-0.25, -0.2) is 14.7 Å². The van der Waals surface area contributed by atoms with Crippen LogP contribution < -0.4 is 14.9 Å². The van der Waals surface area contributed by atoms with Crippen LogP contribution in [-0.4, -0.2) is 53.5 Å². The second-order valence-electron chi connectivity index (χ2n) is 8.89. The van der Waals surface area contributed by atoms with Crippen LogP contribution in [-0.2, 0) is 4.79 Å². The number of pyridine rings is 1. The maximum atomic E-state index is 14.2. The molecule has 186 valence electrons. The smallest absolute Gasteiger partial charge is 0.332 e. The van der Waals surface area contributed by atoms with Gasteiger partial charge in [0.15, 0.2) is 0 Å². The number of carboxylic acids is 1. The Bertz CT molecular complexity index is 1450. The number of urea groups is 1. The summed E-state index contributed by atoms with van der Waals surface area (Å²) in [6, 6.07) is 15.8. The normalized spacial score (nSPS) is 21.1. The predicted octanol–water partition coefficient (Wildman–Crippen LogP) is 3.06. The summed E-state index contributed by atoms with van der Waals surface area (Å²) in [5, 5.41) is 21.0. The molecule has 0 bridgehead atoms. The molecule has 1 aromatic heterocycles. The van der Waals surface area contributed by atoms with Crippen molar-refractivity contribution in [3.8, 4) is 6.07 Å². The third-order valence-corrected chi connectivity index (χ3v) is 7.35. The fraction of sp³-hybridized carbons (Fsp3) is 0.192. The molecule has 2 saturated heterocycles. The van der Waals surface area contributed by atoms with Gasteiger partial charge in [-0.05, 0) is 48.0 Å². The van der Waals surface area contributed by atoms with Crippen molar-refractivity contribution in [2.45, 2.75) is 11.5 Å². The van der Waals surface area contributed by atoms with Crippen LogP contribution in [0, 0.1) is 11.3 Å². The Morgan fingerprint density at radius 3 is 2.35 bits per heavy atom. The number of hydrogen-bond acceptors (Lipinski definition) is 7. The summed E-state index contributed by atoms with van der Waals surface area (Å²) in [7, 11) is 1.57. The Labute approximate surface area is 222 Å². The quantitative estimate of drug-likeness (QED) is 0.471. The SMILES string of the molecule is CN1C(=O)N(c2cc(Cl)cc(Cl)c2)C(=O)[C@]12CN(c1ccc(C(=O)[O-])cn1)C[C@H]2c1ccc(C#N)cc1. The van der Waals surface area contributed by atoms with E-state index < -0.39 is 29.4 Å². The van der Waals surface area contributed by atoms with E-state index in [0.717, 1.165) is 10.5 Å². The summed E-state index contributed by atoms with van der Waals surface area (Å²) in [6.07, 6.45) is 1.19. The molecular formula is C26H18Cl2N5O4-. The number of anilines is 2. The molecule has 0 saturated carbocycles. The molecule has 2 atom stereocenters. The second kappa shape index (κ2) is 9.07. The number of likely N-dealkylation sites (N-methyl/N-ethyl adjacent to an activating group) is 1. The molecule has 0 aliphatic carbocycles. The Balaban J connectivity index is 1.61. The van der Waals surface area contributed by atoms with Crippen LogP contribution in [0.2, 0.25) is 10.0 Å². The molecular weight excluding hydrogens is 517 g/mol. The molecule has 0 unspecified atom stereocenters. The summed E-state index contributed by atoms with van der Waals surface area (Å²) in [5.41, 5.74) is 0.0741. The van der Waals surface area contributed by atoms with E-state index in [2.05, 4.69) is 11.1 Å². The number of aromatic nitrogens is 1. The molecule has 0 radical (unpaired) electrons. The predicted molar refractivity (Wildman–Crippen MR) is 135 cm³/mol. The highest BCUT2D eigenvalue weighted by molar-refractivity contribution is 6.35. The zero-order valence-corrected chi connectivity index (χ0v) is 20.9. The van der Waals surface area contributed by atoms with Gasteiger partial charge >= 0.3 is 6.03 Å². The highest BCUT2D eigenvalue weighted by Crippen LogP contribution is 2.47.